The van der Waals surface area contributed by atoms with E-state index in [9.17, 15) is 5.11 Å². The first-order valence-corrected chi connectivity index (χ1v) is 8.44. The van der Waals surface area contributed by atoms with Crippen LogP contribution < -0.4 is 0 Å². The van der Waals surface area contributed by atoms with Gasteiger partial charge in [-0.3, -0.25) is 0 Å². The average Bonchev–Trinajstić information content (AvgIpc) is 2.65. The molecule has 2 atom stereocenters. The van der Waals surface area contributed by atoms with Crippen molar-refractivity contribution in [2.24, 2.45) is 0 Å². The van der Waals surface area contributed by atoms with E-state index in [0.29, 0.717) is 13.2 Å². The Labute approximate surface area is 145 Å². The predicted molar refractivity (Wildman–Crippen MR) is 99.5 cm³/mol. The number of likely N-dealkylation sites (N-methyl/N-ethyl adjacent to an activating group) is 1. The largest absolute Gasteiger partial charge is 0.386 e. The molecule has 0 aliphatic carbocycles. The Kier molecular flexibility index (Phi) is 7.04. The highest BCUT2D eigenvalue weighted by Crippen LogP contribution is 2.26. The summed E-state index contributed by atoms with van der Waals surface area (Å²) in [5.41, 5.74) is 3.10. The summed E-state index contributed by atoms with van der Waals surface area (Å²) in [5, 5.41) is 10.7. The lowest BCUT2D eigenvalue weighted by molar-refractivity contribution is 0.0988. The Balaban J connectivity index is 2.23. The molecule has 0 saturated heterocycles. The van der Waals surface area contributed by atoms with E-state index in [1.54, 1.807) is 0 Å². The van der Waals surface area contributed by atoms with Gasteiger partial charge in [-0.05, 0) is 31.1 Å². The van der Waals surface area contributed by atoms with Crippen LogP contribution in [0, 0.1) is 0 Å². The molecular formula is C21H27NO2. The third kappa shape index (κ3) is 4.70. The number of hydrogen-bond acceptors (Lipinski definition) is 3. The first-order chi connectivity index (χ1) is 11.6. The van der Waals surface area contributed by atoms with Gasteiger partial charge in [-0.15, -0.1) is 0 Å². The maximum atomic E-state index is 10.7. The lowest BCUT2D eigenvalue weighted by Gasteiger charge is -2.33. The second kappa shape index (κ2) is 9.26. The predicted octanol–water partition coefficient (Wildman–Crippen LogP) is 4.12. The smallest absolute Gasteiger partial charge is 0.0990 e. The summed E-state index contributed by atoms with van der Waals surface area (Å²) in [6.07, 6.45) is 1.52. The van der Waals surface area contributed by atoms with Crippen molar-refractivity contribution in [3.63, 3.8) is 0 Å². The van der Waals surface area contributed by atoms with Gasteiger partial charge in [-0.2, -0.15) is 0 Å². The van der Waals surface area contributed by atoms with E-state index in [4.69, 9.17) is 4.74 Å². The number of ether oxygens (including phenoxy) is 1. The first kappa shape index (κ1) is 18.2. The molecule has 0 saturated carbocycles. The van der Waals surface area contributed by atoms with Crippen molar-refractivity contribution >= 4 is 5.70 Å². The summed E-state index contributed by atoms with van der Waals surface area (Å²) in [7, 11) is 2.02. The van der Waals surface area contributed by atoms with Crippen molar-refractivity contribution in [3.05, 3.63) is 77.9 Å². The molecule has 0 bridgehead atoms. The van der Waals surface area contributed by atoms with E-state index in [1.807, 2.05) is 69.4 Å². The van der Waals surface area contributed by atoms with Gasteiger partial charge in [0.05, 0.1) is 18.8 Å². The van der Waals surface area contributed by atoms with Gasteiger partial charge >= 0.3 is 0 Å². The number of aliphatic hydroxyl groups excluding tert-OH is 1. The zero-order valence-electron chi connectivity index (χ0n) is 14.7. The zero-order valence-corrected chi connectivity index (χ0v) is 14.7. The number of nitrogens with zero attached hydrogens (tertiary/aromatic N) is 1. The van der Waals surface area contributed by atoms with Crippen LogP contribution in [0.25, 0.3) is 5.70 Å². The van der Waals surface area contributed by atoms with Crippen LogP contribution in [0.4, 0.5) is 0 Å². The molecule has 0 aromatic heterocycles. The second-order valence-electron chi connectivity index (χ2n) is 5.82. The van der Waals surface area contributed by atoms with Gasteiger partial charge in [0.2, 0.25) is 0 Å². The van der Waals surface area contributed by atoms with Crippen LogP contribution in [0.1, 0.15) is 31.1 Å². The summed E-state index contributed by atoms with van der Waals surface area (Å²) in [5.74, 6) is 0. The molecule has 0 spiro atoms. The molecule has 2 aromatic rings. The topological polar surface area (TPSA) is 32.7 Å². The molecule has 0 heterocycles. The standard InChI is InChI=1S/C21H27NO2/c1-4-24-16-15-20(18-11-7-5-8-12-18)22(3)17(2)21(23)19-13-9-6-10-14-19/h5-15,17,21,23H,4,16H2,1-3H3/b20-15+/t17-,21-/m1/s1. The summed E-state index contributed by atoms with van der Waals surface area (Å²) >= 11 is 0. The van der Waals surface area contributed by atoms with E-state index >= 15 is 0 Å². The first-order valence-electron chi connectivity index (χ1n) is 8.44. The van der Waals surface area contributed by atoms with Gasteiger partial charge in [-0.1, -0.05) is 60.7 Å². The van der Waals surface area contributed by atoms with Crippen LogP contribution in [-0.2, 0) is 4.74 Å². The Morgan fingerprint density at radius 3 is 2.25 bits per heavy atom. The van der Waals surface area contributed by atoms with Gasteiger partial charge in [0.25, 0.3) is 0 Å². The lowest BCUT2D eigenvalue weighted by atomic mass is 10.0. The van der Waals surface area contributed by atoms with Crippen molar-refractivity contribution in [1.82, 2.24) is 4.90 Å². The molecule has 24 heavy (non-hydrogen) atoms. The number of hydrogen-bond donors (Lipinski definition) is 1. The molecule has 0 unspecified atom stereocenters. The maximum Gasteiger partial charge on any atom is 0.0990 e. The molecule has 3 heteroatoms. The van der Waals surface area contributed by atoms with Crippen molar-refractivity contribution in [2.75, 3.05) is 20.3 Å². The van der Waals surface area contributed by atoms with Crippen LogP contribution >= 0.6 is 0 Å². The second-order valence-corrected chi connectivity index (χ2v) is 5.82. The van der Waals surface area contributed by atoms with Crippen LogP contribution in [0.15, 0.2) is 66.7 Å². The molecular weight excluding hydrogens is 298 g/mol. The van der Waals surface area contributed by atoms with Crippen molar-refractivity contribution < 1.29 is 9.84 Å². The summed E-state index contributed by atoms with van der Waals surface area (Å²) < 4.78 is 5.49. The normalized spacial score (nSPS) is 14.2. The highest BCUT2D eigenvalue weighted by atomic mass is 16.5. The molecule has 0 amide bonds. The highest BCUT2D eigenvalue weighted by molar-refractivity contribution is 5.64. The minimum atomic E-state index is -0.560. The van der Waals surface area contributed by atoms with Crippen LogP contribution in [-0.4, -0.2) is 36.3 Å². The molecule has 0 aliphatic heterocycles. The van der Waals surface area contributed by atoms with Gasteiger partial charge in [-0.25, -0.2) is 0 Å². The van der Waals surface area contributed by atoms with Gasteiger partial charge in [0.1, 0.15) is 0 Å². The summed E-state index contributed by atoms with van der Waals surface area (Å²) in [6.45, 7) is 5.26. The third-order valence-electron chi connectivity index (χ3n) is 4.26. The minimum absolute atomic E-state index is 0.0690. The number of benzene rings is 2. The molecule has 128 valence electrons. The van der Waals surface area contributed by atoms with Crippen molar-refractivity contribution in [2.45, 2.75) is 26.0 Å². The van der Waals surface area contributed by atoms with Gasteiger partial charge < -0.3 is 14.7 Å². The fourth-order valence-electron chi connectivity index (χ4n) is 2.69. The molecule has 2 rings (SSSR count). The van der Waals surface area contributed by atoms with Crippen molar-refractivity contribution in [1.29, 1.82) is 0 Å². The Bertz CT molecular complexity index is 625. The monoisotopic (exact) mass is 325 g/mol. The molecule has 1 N–H and O–H groups in total. The quantitative estimate of drug-likeness (QED) is 0.741. The molecule has 2 aromatic carbocycles. The van der Waals surface area contributed by atoms with Gasteiger partial charge in [0.15, 0.2) is 0 Å². The number of rotatable bonds is 8. The van der Waals surface area contributed by atoms with Gasteiger partial charge in [0, 0.05) is 19.4 Å². The van der Waals surface area contributed by atoms with Crippen LogP contribution in [0.3, 0.4) is 0 Å². The van der Waals surface area contributed by atoms with E-state index in [2.05, 4.69) is 23.1 Å². The zero-order chi connectivity index (χ0) is 17.4. The van der Waals surface area contributed by atoms with Crippen LogP contribution in [0.2, 0.25) is 0 Å². The van der Waals surface area contributed by atoms with E-state index < -0.39 is 6.10 Å². The molecule has 0 radical (unpaired) electrons. The highest BCUT2D eigenvalue weighted by Gasteiger charge is 2.22. The Morgan fingerprint density at radius 2 is 1.67 bits per heavy atom. The maximum absolute atomic E-state index is 10.7. The molecule has 0 fully saturated rings. The Hall–Kier alpha value is -2.10. The third-order valence-corrected chi connectivity index (χ3v) is 4.26. The van der Waals surface area contributed by atoms with E-state index in [-0.39, 0.29) is 6.04 Å². The SMILES string of the molecule is CCOC/C=C(\c1ccccc1)N(C)[C@H](C)[C@@H](O)c1ccccc1. The minimum Gasteiger partial charge on any atom is -0.386 e. The Morgan fingerprint density at radius 1 is 1.08 bits per heavy atom. The van der Waals surface area contributed by atoms with E-state index in [1.165, 1.54) is 0 Å². The van der Waals surface area contributed by atoms with E-state index in [0.717, 1.165) is 16.8 Å². The lowest BCUT2D eigenvalue weighted by Crippen LogP contribution is -2.33. The molecule has 3 nitrogen and oxygen atoms in total. The average molecular weight is 325 g/mol. The summed E-state index contributed by atoms with van der Waals surface area (Å²) in [6, 6.07) is 19.9. The molecule has 0 aliphatic rings. The van der Waals surface area contributed by atoms with Crippen LogP contribution in [0.5, 0.6) is 0 Å². The fraction of sp³-hybridized carbons (Fsp3) is 0.333. The fourth-order valence-corrected chi connectivity index (χ4v) is 2.69. The number of aliphatic hydroxyl groups is 1. The summed E-state index contributed by atoms with van der Waals surface area (Å²) in [4.78, 5) is 2.12. The van der Waals surface area contributed by atoms with Crippen molar-refractivity contribution in [3.8, 4) is 0 Å².